The Bertz CT molecular complexity index is 508. The van der Waals surface area contributed by atoms with Crippen LogP contribution in [0.25, 0.3) is 5.69 Å². The lowest BCUT2D eigenvalue weighted by molar-refractivity contribution is 0.752. The van der Waals surface area contributed by atoms with E-state index in [2.05, 4.69) is 20.9 Å². The third kappa shape index (κ3) is 2.14. The molecule has 84 valence electrons. The topological polar surface area (TPSA) is 43.8 Å². The lowest BCUT2D eigenvalue weighted by Gasteiger charge is -2.11. The van der Waals surface area contributed by atoms with Crippen LogP contribution in [-0.4, -0.2) is 9.55 Å². The summed E-state index contributed by atoms with van der Waals surface area (Å²) in [5.41, 5.74) is 7.77. The second-order valence-corrected chi connectivity index (χ2v) is 4.84. The molecule has 0 amide bonds. The first-order valence-electron chi connectivity index (χ1n) is 4.83. The summed E-state index contributed by atoms with van der Waals surface area (Å²) >= 11 is 9.41. The smallest absolute Gasteiger partial charge is 0.0994 e. The van der Waals surface area contributed by atoms with Gasteiger partial charge in [0.15, 0.2) is 0 Å². The predicted molar refractivity (Wildman–Crippen MR) is 68.9 cm³/mol. The van der Waals surface area contributed by atoms with Gasteiger partial charge in [-0.1, -0.05) is 11.6 Å². The summed E-state index contributed by atoms with van der Waals surface area (Å²) in [6.45, 7) is 1.92. The molecule has 0 spiro atoms. The van der Waals surface area contributed by atoms with Crippen LogP contribution in [0.5, 0.6) is 0 Å². The lowest BCUT2D eigenvalue weighted by Crippen LogP contribution is -2.10. The Kier molecular flexibility index (Phi) is 3.33. The molecule has 0 saturated heterocycles. The first-order chi connectivity index (χ1) is 7.59. The number of imidazole rings is 1. The molecule has 3 nitrogen and oxygen atoms in total. The summed E-state index contributed by atoms with van der Waals surface area (Å²) in [4.78, 5) is 4.10. The largest absolute Gasteiger partial charge is 0.323 e. The fourth-order valence-corrected chi connectivity index (χ4v) is 1.91. The lowest BCUT2D eigenvalue weighted by atomic mass is 10.2. The molecule has 0 aliphatic heterocycles. The van der Waals surface area contributed by atoms with E-state index in [1.807, 2.05) is 29.7 Å². The van der Waals surface area contributed by atoms with E-state index < -0.39 is 0 Å². The van der Waals surface area contributed by atoms with E-state index in [1.165, 1.54) is 0 Å². The van der Waals surface area contributed by atoms with E-state index in [-0.39, 0.29) is 6.04 Å². The summed E-state index contributed by atoms with van der Waals surface area (Å²) in [6, 6.07) is 5.68. The Labute approximate surface area is 107 Å². The maximum atomic E-state index is 6.05. The van der Waals surface area contributed by atoms with E-state index in [0.717, 1.165) is 15.9 Å². The normalized spacial score (nSPS) is 12.8. The van der Waals surface area contributed by atoms with Crippen LogP contribution in [0.2, 0.25) is 5.02 Å². The molecular weight excluding hydrogens is 289 g/mol. The summed E-state index contributed by atoms with van der Waals surface area (Å²) < 4.78 is 2.81. The van der Waals surface area contributed by atoms with E-state index >= 15 is 0 Å². The second kappa shape index (κ2) is 4.57. The molecule has 16 heavy (non-hydrogen) atoms. The number of rotatable bonds is 2. The van der Waals surface area contributed by atoms with Gasteiger partial charge in [-0.25, -0.2) is 4.98 Å². The number of hydrogen-bond donors (Lipinski definition) is 1. The van der Waals surface area contributed by atoms with Gasteiger partial charge < -0.3 is 10.3 Å². The van der Waals surface area contributed by atoms with Crippen molar-refractivity contribution in [1.82, 2.24) is 9.55 Å². The van der Waals surface area contributed by atoms with E-state index in [1.54, 1.807) is 12.5 Å². The van der Waals surface area contributed by atoms with Gasteiger partial charge >= 0.3 is 0 Å². The summed E-state index contributed by atoms with van der Waals surface area (Å²) in [5, 5.41) is 0.668. The number of halogens is 2. The van der Waals surface area contributed by atoms with Crippen molar-refractivity contribution in [2.24, 2.45) is 5.73 Å². The minimum atomic E-state index is -0.0649. The highest BCUT2D eigenvalue weighted by Crippen LogP contribution is 2.26. The van der Waals surface area contributed by atoms with Crippen molar-refractivity contribution < 1.29 is 0 Å². The minimum Gasteiger partial charge on any atom is -0.323 e. The fraction of sp³-hybridized carbons (Fsp3) is 0.182. The number of nitrogens with zero attached hydrogens (tertiary/aromatic N) is 2. The molecule has 2 N–H and O–H groups in total. The highest BCUT2D eigenvalue weighted by atomic mass is 79.9. The zero-order chi connectivity index (χ0) is 11.7. The van der Waals surface area contributed by atoms with Gasteiger partial charge in [0.25, 0.3) is 0 Å². The van der Waals surface area contributed by atoms with Crippen molar-refractivity contribution in [3.05, 3.63) is 45.9 Å². The Balaban J connectivity index is 2.50. The van der Waals surface area contributed by atoms with Gasteiger partial charge in [0, 0.05) is 16.2 Å². The molecule has 1 heterocycles. The summed E-state index contributed by atoms with van der Waals surface area (Å²) in [7, 11) is 0. The maximum absolute atomic E-state index is 6.05. The van der Waals surface area contributed by atoms with Crippen LogP contribution >= 0.6 is 27.5 Å². The van der Waals surface area contributed by atoms with Gasteiger partial charge in [-0.3, -0.25) is 0 Å². The van der Waals surface area contributed by atoms with Crippen molar-refractivity contribution in [1.29, 1.82) is 0 Å². The standard InChI is InChI=1S/C11H11BrClN3/c1-7(14)11-5-15-6-16(11)8-2-3-9(12)10(13)4-8/h2-7H,14H2,1H3. The summed E-state index contributed by atoms with van der Waals surface area (Å²) in [5.74, 6) is 0. The molecule has 2 rings (SSSR count). The van der Waals surface area contributed by atoms with Gasteiger partial charge in [0.1, 0.15) is 0 Å². The fourth-order valence-electron chi connectivity index (χ4n) is 1.49. The molecule has 1 unspecified atom stereocenters. The molecule has 1 aromatic carbocycles. The predicted octanol–water partition coefficient (Wildman–Crippen LogP) is 3.31. The monoisotopic (exact) mass is 299 g/mol. The van der Waals surface area contributed by atoms with Gasteiger partial charge in [-0.15, -0.1) is 0 Å². The van der Waals surface area contributed by atoms with Crippen LogP contribution in [0.3, 0.4) is 0 Å². The van der Waals surface area contributed by atoms with Gasteiger partial charge in [0.2, 0.25) is 0 Å². The van der Waals surface area contributed by atoms with Crippen LogP contribution in [-0.2, 0) is 0 Å². The average molecular weight is 301 g/mol. The SMILES string of the molecule is CC(N)c1cncn1-c1ccc(Br)c(Cl)c1. The number of aromatic nitrogens is 2. The van der Waals surface area contributed by atoms with Crippen molar-refractivity contribution in [2.75, 3.05) is 0 Å². The van der Waals surface area contributed by atoms with Gasteiger partial charge in [-0.05, 0) is 41.1 Å². The third-order valence-corrected chi connectivity index (χ3v) is 3.55. The van der Waals surface area contributed by atoms with Gasteiger partial charge in [-0.2, -0.15) is 0 Å². The highest BCUT2D eigenvalue weighted by molar-refractivity contribution is 9.10. The first-order valence-corrected chi connectivity index (χ1v) is 6.00. The molecule has 0 radical (unpaired) electrons. The van der Waals surface area contributed by atoms with Crippen LogP contribution < -0.4 is 5.73 Å². The molecule has 0 fully saturated rings. The minimum absolute atomic E-state index is 0.0649. The average Bonchev–Trinajstić information content (AvgIpc) is 2.71. The molecule has 0 bridgehead atoms. The number of nitrogens with two attached hydrogens (primary N) is 1. The van der Waals surface area contributed by atoms with Crippen LogP contribution in [0, 0.1) is 0 Å². The Hall–Kier alpha value is -0.840. The first kappa shape index (κ1) is 11.6. The van der Waals surface area contributed by atoms with E-state index in [9.17, 15) is 0 Å². The van der Waals surface area contributed by atoms with Crippen LogP contribution in [0.4, 0.5) is 0 Å². The number of hydrogen-bond acceptors (Lipinski definition) is 2. The molecule has 0 aliphatic rings. The van der Waals surface area contributed by atoms with Gasteiger partial charge in [0.05, 0.1) is 23.2 Å². The van der Waals surface area contributed by atoms with E-state index in [4.69, 9.17) is 17.3 Å². The van der Waals surface area contributed by atoms with Crippen LogP contribution in [0.15, 0.2) is 35.2 Å². The second-order valence-electron chi connectivity index (χ2n) is 3.58. The Morgan fingerprint density at radius 2 is 2.25 bits per heavy atom. The zero-order valence-corrected chi connectivity index (χ0v) is 11.0. The van der Waals surface area contributed by atoms with Crippen molar-refractivity contribution in [2.45, 2.75) is 13.0 Å². The molecule has 1 atom stereocenters. The van der Waals surface area contributed by atoms with Crippen molar-refractivity contribution >= 4 is 27.5 Å². The maximum Gasteiger partial charge on any atom is 0.0994 e. The summed E-state index contributed by atoms with van der Waals surface area (Å²) in [6.07, 6.45) is 3.50. The molecule has 1 aromatic heterocycles. The Morgan fingerprint density at radius 3 is 2.88 bits per heavy atom. The Morgan fingerprint density at radius 1 is 1.50 bits per heavy atom. The highest BCUT2D eigenvalue weighted by Gasteiger charge is 2.09. The zero-order valence-electron chi connectivity index (χ0n) is 8.69. The van der Waals surface area contributed by atoms with Crippen LogP contribution in [0.1, 0.15) is 18.7 Å². The molecule has 0 aliphatic carbocycles. The molecular formula is C11H11BrClN3. The molecule has 2 aromatic rings. The number of benzene rings is 1. The quantitative estimate of drug-likeness (QED) is 0.924. The van der Waals surface area contributed by atoms with Crippen molar-refractivity contribution in [3.8, 4) is 5.69 Å². The van der Waals surface area contributed by atoms with E-state index in [0.29, 0.717) is 5.02 Å². The van der Waals surface area contributed by atoms with Crippen molar-refractivity contribution in [3.63, 3.8) is 0 Å². The third-order valence-electron chi connectivity index (χ3n) is 2.31. The molecule has 0 saturated carbocycles. The molecule has 5 heteroatoms.